The van der Waals surface area contributed by atoms with Gasteiger partial charge in [-0.15, -0.1) is 0 Å². The quantitative estimate of drug-likeness (QED) is 0.575. The standard InChI is InChI=1S/C4H6Cl2N2O2/c1-7-4(10)8-3(9)2(5)6/h2H,1H3,(H2,7,8,9,10). The summed E-state index contributed by atoms with van der Waals surface area (Å²) in [6.07, 6.45) is 0. The molecule has 0 aliphatic heterocycles. The zero-order valence-electron chi connectivity index (χ0n) is 5.15. The molecule has 0 aromatic carbocycles. The fourth-order valence-corrected chi connectivity index (χ4v) is 0.338. The van der Waals surface area contributed by atoms with Crippen LogP contribution in [0.4, 0.5) is 4.79 Å². The van der Waals surface area contributed by atoms with Crippen LogP contribution in [-0.2, 0) is 4.79 Å². The summed E-state index contributed by atoms with van der Waals surface area (Å²) in [5, 5.41) is 4.04. The molecule has 0 spiro atoms. The molecule has 6 heteroatoms. The normalized spacial score (nSPS) is 9.20. The zero-order valence-corrected chi connectivity index (χ0v) is 6.66. The van der Waals surface area contributed by atoms with E-state index in [-0.39, 0.29) is 0 Å². The molecule has 3 amide bonds. The van der Waals surface area contributed by atoms with Crippen LogP contribution in [0.25, 0.3) is 0 Å². The van der Waals surface area contributed by atoms with Crippen LogP contribution >= 0.6 is 23.2 Å². The monoisotopic (exact) mass is 184 g/mol. The molecule has 0 aromatic heterocycles. The fraction of sp³-hybridized carbons (Fsp3) is 0.500. The summed E-state index contributed by atoms with van der Waals surface area (Å²) in [6.45, 7) is 0. The lowest BCUT2D eigenvalue weighted by Crippen LogP contribution is -2.39. The van der Waals surface area contributed by atoms with Gasteiger partial charge in [-0.3, -0.25) is 10.1 Å². The summed E-state index contributed by atoms with van der Waals surface area (Å²) in [7, 11) is 1.38. The third-order valence-corrected chi connectivity index (χ3v) is 1.06. The molecule has 0 aliphatic carbocycles. The molecule has 0 rings (SSSR count). The van der Waals surface area contributed by atoms with E-state index >= 15 is 0 Å². The number of halogens is 2. The SMILES string of the molecule is CNC(=O)NC(=O)C(Cl)Cl. The van der Waals surface area contributed by atoms with E-state index in [1.807, 2.05) is 5.32 Å². The molecule has 2 N–H and O–H groups in total. The molecule has 0 aromatic rings. The predicted molar refractivity (Wildman–Crippen MR) is 38.1 cm³/mol. The lowest BCUT2D eigenvalue weighted by atomic mass is 10.7. The predicted octanol–water partition coefficient (Wildman–Crippen LogP) is 0.246. The molecule has 58 valence electrons. The van der Waals surface area contributed by atoms with Crippen molar-refractivity contribution in [2.24, 2.45) is 0 Å². The Morgan fingerprint density at radius 1 is 1.40 bits per heavy atom. The minimum atomic E-state index is -1.21. The second kappa shape index (κ2) is 4.35. The number of alkyl halides is 2. The van der Waals surface area contributed by atoms with E-state index in [4.69, 9.17) is 23.2 Å². The van der Waals surface area contributed by atoms with Crippen LogP contribution in [0.15, 0.2) is 0 Å². The number of carbonyl (C=O) groups excluding carboxylic acids is 2. The largest absolute Gasteiger partial charge is 0.341 e. The van der Waals surface area contributed by atoms with Gasteiger partial charge in [0.1, 0.15) is 0 Å². The second-order valence-electron chi connectivity index (χ2n) is 1.37. The number of rotatable bonds is 1. The molecule has 4 nitrogen and oxygen atoms in total. The first-order valence-corrected chi connectivity index (χ1v) is 3.26. The molecule has 0 atom stereocenters. The molecule has 0 saturated carbocycles. The van der Waals surface area contributed by atoms with E-state index in [9.17, 15) is 9.59 Å². The number of imide groups is 1. The van der Waals surface area contributed by atoms with Gasteiger partial charge in [0, 0.05) is 7.05 Å². The number of carbonyl (C=O) groups is 2. The smallest absolute Gasteiger partial charge is 0.321 e. The summed E-state index contributed by atoms with van der Waals surface area (Å²) >= 11 is 10.2. The summed E-state index contributed by atoms with van der Waals surface area (Å²) in [5.41, 5.74) is 0. The maximum Gasteiger partial charge on any atom is 0.321 e. The molecule has 0 unspecified atom stereocenters. The molecular weight excluding hydrogens is 179 g/mol. The summed E-state index contributed by atoms with van der Waals surface area (Å²) in [6, 6.07) is -0.628. The van der Waals surface area contributed by atoms with Crippen molar-refractivity contribution >= 4 is 35.1 Å². The average molecular weight is 185 g/mol. The number of amides is 3. The van der Waals surface area contributed by atoms with Crippen LogP contribution in [0, 0.1) is 0 Å². The molecule has 10 heavy (non-hydrogen) atoms. The molecule has 0 heterocycles. The third kappa shape index (κ3) is 3.53. The van der Waals surface area contributed by atoms with Gasteiger partial charge in [-0.25, -0.2) is 4.79 Å². The number of urea groups is 1. The average Bonchev–Trinajstić information content (AvgIpc) is 1.87. The van der Waals surface area contributed by atoms with Crippen molar-refractivity contribution in [2.45, 2.75) is 4.84 Å². The lowest BCUT2D eigenvalue weighted by molar-refractivity contribution is -0.118. The first kappa shape index (κ1) is 9.52. The zero-order chi connectivity index (χ0) is 8.15. The Kier molecular flexibility index (Phi) is 4.14. The number of hydrogen-bond acceptors (Lipinski definition) is 2. The summed E-state index contributed by atoms with van der Waals surface area (Å²) in [5.74, 6) is -0.734. The van der Waals surface area contributed by atoms with E-state index in [0.29, 0.717) is 0 Å². The van der Waals surface area contributed by atoms with Crippen molar-refractivity contribution in [3.63, 3.8) is 0 Å². The van der Waals surface area contributed by atoms with Crippen LogP contribution in [0.1, 0.15) is 0 Å². The highest BCUT2D eigenvalue weighted by Crippen LogP contribution is 1.99. The van der Waals surface area contributed by atoms with E-state index in [0.717, 1.165) is 0 Å². The Bertz CT molecular complexity index is 148. The van der Waals surface area contributed by atoms with Crippen molar-refractivity contribution in [3.05, 3.63) is 0 Å². The first-order valence-electron chi connectivity index (χ1n) is 2.38. The summed E-state index contributed by atoms with van der Waals surface area (Å²) in [4.78, 5) is 19.6. The molecule has 0 radical (unpaired) electrons. The van der Waals surface area contributed by atoms with Crippen LogP contribution in [-0.4, -0.2) is 23.8 Å². The van der Waals surface area contributed by atoms with Crippen molar-refractivity contribution in [1.82, 2.24) is 10.6 Å². The van der Waals surface area contributed by atoms with Crippen LogP contribution in [0.5, 0.6) is 0 Å². The Hall–Kier alpha value is -0.480. The highest BCUT2D eigenvalue weighted by atomic mass is 35.5. The Morgan fingerprint density at radius 2 is 1.90 bits per heavy atom. The van der Waals surface area contributed by atoms with Gasteiger partial charge in [0.15, 0.2) is 4.84 Å². The highest BCUT2D eigenvalue weighted by Gasteiger charge is 2.12. The van der Waals surface area contributed by atoms with E-state index in [1.54, 1.807) is 0 Å². The van der Waals surface area contributed by atoms with E-state index < -0.39 is 16.8 Å². The molecule has 0 fully saturated rings. The number of hydrogen-bond donors (Lipinski definition) is 2. The van der Waals surface area contributed by atoms with Gasteiger partial charge < -0.3 is 5.32 Å². The van der Waals surface area contributed by atoms with Crippen molar-refractivity contribution in [3.8, 4) is 0 Å². The number of nitrogens with one attached hydrogen (secondary N) is 2. The third-order valence-electron chi connectivity index (χ3n) is 0.662. The second-order valence-corrected chi connectivity index (χ2v) is 2.47. The van der Waals surface area contributed by atoms with Crippen molar-refractivity contribution < 1.29 is 9.59 Å². The molecular formula is C4H6Cl2N2O2. The Labute approximate surface area is 67.9 Å². The van der Waals surface area contributed by atoms with Crippen molar-refractivity contribution in [2.75, 3.05) is 7.05 Å². The van der Waals surface area contributed by atoms with Gasteiger partial charge >= 0.3 is 6.03 Å². The van der Waals surface area contributed by atoms with Crippen molar-refractivity contribution in [1.29, 1.82) is 0 Å². The van der Waals surface area contributed by atoms with Gasteiger partial charge in [0.05, 0.1) is 0 Å². The molecule has 0 saturated heterocycles. The first-order chi connectivity index (χ1) is 4.57. The van der Waals surface area contributed by atoms with Crippen LogP contribution < -0.4 is 10.6 Å². The van der Waals surface area contributed by atoms with Gasteiger partial charge in [0.2, 0.25) is 0 Å². The topological polar surface area (TPSA) is 58.2 Å². The molecule has 0 bridgehead atoms. The Balaban J connectivity index is 3.69. The van der Waals surface area contributed by atoms with Gasteiger partial charge in [-0.2, -0.15) is 0 Å². The van der Waals surface area contributed by atoms with E-state index in [1.165, 1.54) is 7.05 Å². The minimum absolute atomic E-state index is 0.628. The minimum Gasteiger partial charge on any atom is -0.341 e. The van der Waals surface area contributed by atoms with E-state index in [2.05, 4.69) is 5.32 Å². The maximum absolute atomic E-state index is 10.5. The van der Waals surface area contributed by atoms with Crippen LogP contribution in [0.3, 0.4) is 0 Å². The summed E-state index contributed by atoms with van der Waals surface area (Å²) < 4.78 is 0. The maximum atomic E-state index is 10.5. The fourth-order valence-electron chi connectivity index (χ4n) is 0.229. The van der Waals surface area contributed by atoms with Gasteiger partial charge in [-0.05, 0) is 0 Å². The Morgan fingerprint density at radius 3 is 2.20 bits per heavy atom. The van der Waals surface area contributed by atoms with Gasteiger partial charge in [-0.1, -0.05) is 23.2 Å². The van der Waals surface area contributed by atoms with Gasteiger partial charge in [0.25, 0.3) is 5.91 Å². The molecule has 0 aliphatic rings. The van der Waals surface area contributed by atoms with Crippen LogP contribution in [0.2, 0.25) is 0 Å². The highest BCUT2D eigenvalue weighted by molar-refractivity contribution is 6.53. The lowest BCUT2D eigenvalue weighted by Gasteiger charge is -2.01.